The van der Waals surface area contributed by atoms with E-state index in [1.807, 2.05) is 21.0 Å². The van der Waals surface area contributed by atoms with E-state index in [9.17, 15) is 4.79 Å². The third-order valence-electron chi connectivity index (χ3n) is 4.61. The molecule has 8 heteroatoms. The number of hydrogen-bond donors (Lipinski definition) is 0. The van der Waals surface area contributed by atoms with Crippen molar-refractivity contribution in [2.75, 3.05) is 39.2 Å². The first-order valence-corrected chi connectivity index (χ1v) is 10.0. The predicted molar refractivity (Wildman–Crippen MR) is 114 cm³/mol. The van der Waals surface area contributed by atoms with Crippen LogP contribution in [0.1, 0.15) is 27.9 Å². The summed E-state index contributed by atoms with van der Waals surface area (Å²) in [6, 6.07) is 4.17. The summed E-state index contributed by atoms with van der Waals surface area (Å²) in [5.41, 5.74) is 3.69. The molecule has 0 radical (unpaired) electrons. The Morgan fingerprint density at radius 2 is 1.93 bits per heavy atom. The molecular formula is C20H27N5O2S. The van der Waals surface area contributed by atoms with Crippen molar-refractivity contribution >= 4 is 32.6 Å². The Morgan fingerprint density at radius 1 is 1.21 bits per heavy atom. The summed E-state index contributed by atoms with van der Waals surface area (Å²) in [4.78, 5) is 22.1. The Labute approximate surface area is 169 Å². The number of benzene rings is 1. The van der Waals surface area contributed by atoms with Crippen molar-refractivity contribution in [2.24, 2.45) is 7.05 Å². The average Bonchev–Trinajstić information content (AvgIpc) is 3.25. The van der Waals surface area contributed by atoms with Crippen LogP contribution < -0.4 is 9.64 Å². The molecule has 7 nitrogen and oxygen atoms in total. The second kappa shape index (κ2) is 8.28. The average molecular weight is 402 g/mol. The van der Waals surface area contributed by atoms with Gasteiger partial charge in [0.1, 0.15) is 5.56 Å². The number of rotatable bonds is 7. The number of methoxy groups -OCH3 is 1. The van der Waals surface area contributed by atoms with Crippen molar-refractivity contribution in [1.82, 2.24) is 19.7 Å². The molecule has 1 amide bonds. The van der Waals surface area contributed by atoms with Crippen LogP contribution in [0.2, 0.25) is 0 Å². The number of nitrogens with zero attached hydrogens (tertiary/aromatic N) is 5. The molecule has 3 rings (SSSR count). The van der Waals surface area contributed by atoms with Crippen LogP contribution in [0.3, 0.4) is 0 Å². The van der Waals surface area contributed by atoms with Crippen LogP contribution >= 0.6 is 11.3 Å². The molecule has 0 bridgehead atoms. The lowest BCUT2D eigenvalue weighted by molar-refractivity contribution is 0.0983. The Balaban J connectivity index is 2.02. The molecule has 0 aliphatic heterocycles. The van der Waals surface area contributed by atoms with Crippen LogP contribution in [-0.2, 0) is 7.05 Å². The number of carbonyl (C=O) groups excluding carboxylic acids is 1. The van der Waals surface area contributed by atoms with Gasteiger partial charge in [-0.25, -0.2) is 4.98 Å². The topological polar surface area (TPSA) is 63.5 Å². The summed E-state index contributed by atoms with van der Waals surface area (Å²) >= 11 is 1.56. The molecule has 150 valence electrons. The first-order valence-electron chi connectivity index (χ1n) is 9.22. The van der Waals surface area contributed by atoms with Crippen LogP contribution in [0.15, 0.2) is 18.3 Å². The molecule has 3 aromatic rings. The van der Waals surface area contributed by atoms with E-state index in [4.69, 9.17) is 9.72 Å². The zero-order valence-corrected chi connectivity index (χ0v) is 18.1. The van der Waals surface area contributed by atoms with Crippen molar-refractivity contribution in [3.8, 4) is 5.88 Å². The Bertz CT molecular complexity index is 953. The maximum absolute atomic E-state index is 13.4. The molecule has 0 N–H and O–H groups in total. The highest BCUT2D eigenvalue weighted by Crippen LogP contribution is 2.34. The summed E-state index contributed by atoms with van der Waals surface area (Å²) < 4.78 is 8.03. The number of aromatic nitrogens is 3. The van der Waals surface area contributed by atoms with Crippen LogP contribution in [-0.4, -0.2) is 59.9 Å². The Hall–Kier alpha value is -2.45. The number of aryl methyl sites for hydroxylation is 3. The van der Waals surface area contributed by atoms with E-state index in [1.54, 1.807) is 34.2 Å². The number of carbonyl (C=O) groups is 1. The highest BCUT2D eigenvalue weighted by Gasteiger charge is 2.26. The number of hydrogen-bond acceptors (Lipinski definition) is 6. The third kappa shape index (κ3) is 4.02. The quantitative estimate of drug-likeness (QED) is 0.608. The van der Waals surface area contributed by atoms with E-state index in [0.29, 0.717) is 23.1 Å². The number of fused-ring (bicyclic) bond motifs is 1. The zero-order valence-electron chi connectivity index (χ0n) is 17.3. The molecule has 2 heterocycles. The third-order valence-corrected chi connectivity index (χ3v) is 5.83. The standard InChI is InChI=1S/C20H27N5O2S/c1-13-8-9-14(2)17-16(13)21-20(28-17)25(11-7-10-23(3)4)19(26)15-12-24(5)22-18(15)27-6/h8-9,12H,7,10-11H2,1-6H3. The number of anilines is 1. The van der Waals surface area contributed by atoms with Gasteiger partial charge in [-0.05, 0) is 52.0 Å². The second-order valence-electron chi connectivity index (χ2n) is 7.21. The largest absolute Gasteiger partial charge is 0.479 e. The van der Waals surface area contributed by atoms with Crippen molar-refractivity contribution in [3.05, 3.63) is 35.0 Å². The summed E-state index contributed by atoms with van der Waals surface area (Å²) in [5, 5.41) is 4.94. The molecule has 0 atom stereocenters. The fraction of sp³-hybridized carbons (Fsp3) is 0.450. The van der Waals surface area contributed by atoms with Crippen molar-refractivity contribution in [2.45, 2.75) is 20.3 Å². The van der Waals surface area contributed by atoms with Crippen molar-refractivity contribution in [3.63, 3.8) is 0 Å². The maximum atomic E-state index is 13.4. The molecule has 28 heavy (non-hydrogen) atoms. The molecule has 0 aliphatic rings. The van der Waals surface area contributed by atoms with E-state index in [1.165, 1.54) is 12.7 Å². The van der Waals surface area contributed by atoms with Gasteiger partial charge in [-0.15, -0.1) is 5.10 Å². The molecule has 0 aliphatic carbocycles. The van der Waals surface area contributed by atoms with E-state index in [0.717, 1.165) is 28.7 Å². The van der Waals surface area contributed by atoms with Gasteiger partial charge < -0.3 is 9.64 Å². The van der Waals surface area contributed by atoms with Crippen LogP contribution in [0.4, 0.5) is 5.13 Å². The van der Waals surface area contributed by atoms with Gasteiger partial charge in [-0.3, -0.25) is 14.4 Å². The lowest BCUT2D eigenvalue weighted by atomic mass is 10.1. The Morgan fingerprint density at radius 3 is 2.57 bits per heavy atom. The minimum absolute atomic E-state index is 0.141. The monoisotopic (exact) mass is 401 g/mol. The van der Waals surface area contributed by atoms with Crippen LogP contribution in [0.5, 0.6) is 5.88 Å². The van der Waals surface area contributed by atoms with E-state index in [-0.39, 0.29) is 5.91 Å². The maximum Gasteiger partial charge on any atom is 0.267 e. The fourth-order valence-corrected chi connectivity index (χ4v) is 4.24. The SMILES string of the molecule is COc1nn(C)cc1C(=O)N(CCCN(C)C)c1nc2c(C)ccc(C)c2s1. The smallest absolute Gasteiger partial charge is 0.267 e. The predicted octanol–water partition coefficient (Wildman–Crippen LogP) is 3.25. The fourth-order valence-electron chi connectivity index (χ4n) is 3.10. The molecule has 2 aromatic heterocycles. The van der Waals surface area contributed by atoms with Gasteiger partial charge in [0.25, 0.3) is 5.91 Å². The number of thiazole rings is 1. The molecule has 0 fully saturated rings. The van der Waals surface area contributed by atoms with E-state index in [2.05, 4.69) is 29.1 Å². The van der Waals surface area contributed by atoms with Gasteiger partial charge >= 0.3 is 0 Å². The molecule has 0 unspecified atom stereocenters. The van der Waals surface area contributed by atoms with E-state index >= 15 is 0 Å². The lowest BCUT2D eigenvalue weighted by Crippen LogP contribution is -2.33. The normalized spacial score (nSPS) is 11.4. The van der Waals surface area contributed by atoms with E-state index < -0.39 is 0 Å². The molecule has 1 aromatic carbocycles. The first-order chi connectivity index (χ1) is 13.3. The second-order valence-corrected chi connectivity index (χ2v) is 8.19. The van der Waals surface area contributed by atoms with Gasteiger partial charge in [0.05, 0.1) is 17.3 Å². The minimum atomic E-state index is -0.141. The molecule has 0 saturated carbocycles. The summed E-state index contributed by atoms with van der Waals surface area (Å²) in [6.45, 7) is 5.59. The molecular weight excluding hydrogens is 374 g/mol. The first kappa shape index (κ1) is 20.3. The summed E-state index contributed by atoms with van der Waals surface area (Å²) in [7, 11) is 7.36. The number of ether oxygens (including phenoxy) is 1. The van der Waals surface area contributed by atoms with Crippen molar-refractivity contribution < 1.29 is 9.53 Å². The van der Waals surface area contributed by atoms with Crippen LogP contribution in [0, 0.1) is 13.8 Å². The summed E-state index contributed by atoms with van der Waals surface area (Å²) in [6.07, 6.45) is 2.54. The summed E-state index contributed by atoms with van der Waals surface area (Å²) in [5.74, 6) is 0.191. The zero-order chi connectivity index (χ0) is 20.4. The Kier molecular flexibility index (Phi) is 6.00. The number of amides is 1. The minimum Gasteiger partial charge on any atom is -0.479 e. The van der Waals surface area contributed by atoms with Gasteiger partial charge in [0.2, 0.25) is 5.88 Å². The van der Waals surface area contributed by atoms with Crippen molar-refractivity contribution in [1.29, 1.82) is 0 Å². The van der Waals surface area contributed by atoms with Crippen LogP contribution in [0.25, 0.3) is 10.2 Å². The van der Waals surface area contributed by atoms with Gasteiger partial charge in [-0.1, -0.05) is 23.5 Å². The lowest BCUT2D eigenvalue weighted by Gasteiger charge is -2.20. The molecule has 0 saturated heterocycles. The highest BCUT2D eigenvalue weighted by molar-refractivity contribution is 7.22. The highest BCUT2D eigenvalue weighted by atomic mass is 32.1. The van der Waals surface area contributed by atoms with Gasteiger partial charge in [0.15, 0.2) is 5.13 Å². The van der Waals surface area contributed by atoms with Gasteiger partial charge in [0, 0.05) is 19.8 Å². The molecule has 0 spiro atoms. The van der Waals surface area contributed by atoms with Gasteiger partial charge in [-0.2, -0.15) is 0 Å².